The van der Waals surface area contributed by atoms with Gasteiger partial charge in [0.2, 0.25) is 11.9 Å². The van der Waals surface area contributed by atoms with E-state index >= 15 is 0 Å². The number of carbonyl (C=O) groups is 1. The molecular formula is C14H16N2O3. The highest BCUT2D eigenvalue weighted by Gasteiger charge is 2.55. The molecule has 1 aromatic rings. The molecule has 1 saturated carbocycles. The fourth-order valence-electron chi connectivity index (χ4n) is 2.87. The smallest absolute Gasteiger partial charge is 0.232 e. The van der Waals surface area contributed by atoms with Crippen LogP contribution in [0.15, 0.2) is 30.3 Å². The van der Waals surface area contributed by atoms with Gasteiger partial charge in [0.1, 0.15) is 5.92 Å². The largest absolute Gasteiger partial charge is 0.342 e. The predicted molar refractivity (Wildman–Crippen MR) is 69.3 cm³/mol. The lowest BCUT2D eigenvalue weighted by atomic mass is 9.99. The van der Waals surface area contributed by atoms with Gasteiger partial charge in [-0.1, -0.05) is 30.3 Å². The van der Waals surface area contributed by atoms with Crippen molar-refractivity contribution in [3.8, 4) is 0 Å². The number of nitro groups is 1. The molecule has 100 valence electrons. The lowest BCUT2D eigenvalue weighted by Crippen LogP contribution is -2.31. The van der Waals surface area contributed by atoms with E-state index in [0.29, 0.717) is 18.9 Å². The average molecular weight is 260 g/mol. The van der Waals surface area contributed by atoms with Gasteiger partial charge < -0.3 is 4.90 Å². The fourth-order valence-corrected chi connectivity index (χ4v) is 2.87. The number of benzene rings is 1. The van der Waals surface area contributed by atoms with E-state index in [1.54, 1.807) is 4.90 Å². The molecule has 1 aliphatic heterocycles. The van der Waals surface area contributed by atoms with Crippen molar-refractivity contribution in [3.05, 3.63) is 46.0 Å². The Kier molecular flexibility index (Phi) is 2.97. The standard InChI is InChI=1S/C14H16N2O3/c17-14(12-8-13(12)16(18)19)15-7-6-11(9-15)10-4-2-1-3-5-10/h1-5,11-13H,6-9H2/t11-,12+,13-/m0/s1. The Labute approximate surface area is 111 Å². The molecule has 19 heavy (non-hydrogen) atoms. The molecule has 0 radical (unpaired) electrons. The SMILES string of the molecule is O=C([C@@H]1C[C@@H]1[N+](=O)[O-])N1CC[C@H](c2ccccc2)C1. The van der Waals surface area contributed by atoms with Crippen molar-refractivity contribution in [1.82, 2.24) is 4.90 Å². The average Bonchev–Trinajstić information content (AvgIpc) is 3.08. The van der Waals surface area contributed by atoms with Crippen LogP contribution in [0.2, 0.25) is 0 Å². The molecule has 5 heteroatoms. The van der Waals surface area contributed by atoms with Crippen molar-refractivity contribution in [3.63, 3.8) is 0 Å². The lowest BCUT2D eigenvalue weighted by Gasteiger charge is -2.16. The van der Waals surface area contributed by atoms with Crippen LogP contribution in [0.1, 0.15) is 24.3 Å². The third-order valence-corrected chi connectivity index (χ3v) is 4.12. The maximum Gasteiger partial charge on any atom is 0.232 e. The molecule has 2 fully saturated rings. The Morgan fingerprint density at radius 1 is 1.32 bits per heavy atom. The normalized spacial score (nSPS) is 29.3. The summed E-state index contributed by atoms with van der Waals surface area (Å²) in [4.78, 5) is 24.2. The maximum absolute atomic E-state index is 12.1. The second-order valence-electron chi connectivity index (χ2n) is 5.38. The van der Waals surface area contributed by atoms with Crippen molar-refractivity contribution >= 4 is 5.91 Å². The Balaban J connectivity index is 1.61. The van der Waals surface area contributed by atoms with Crippen molar-refractivity contribution in [2.24, 2.45) is 5.92 Å². The molecule has 0 aromatic heterocycles. The number of rotatable bonds is 3. The maximum atomic E-state index is 12.1. The number of nitrogens with zero attached hydrogens (tertiary/aromatic N) is 2. The van der Waals surface area contributed by atoms with Crippen molar-refractivity contribution in [2.45, 2.75) is 24.8 Å². The Morgan fingerprint density at radius 3 is 2.68 bits per heavy atom. The summed E-state index contributed by atoms with van der Waals surface area (Å²) in [5, 5.41) is 10.6. The highest BCUT2D eigenvalue weighted by molar-refractivity contribution is 5.82. The van der Waals surface area contributed by atoms with Crippen molar-refractivity contribution < 1.29 is 9.72 Å². The molecule has 1 saturated heterocycles. The Morgan fingerprint density at radius 2 is 2.05 bits per heavy atom. The minimum atomic E-state index is -0.636. The molecule has 1 amide bonds. The van der Waals surface area contributed by atoms with Crippen LogP contribution in [0, 0.1) is 16.0 Å². The first kappa shape index (κ1) is 12.1. The second-order valence-corrected chi connectivity index (χ2v) is 5.38. The summed E-state index contributed by atoms with van der Waals surface area (Å²) in [7, 11) is 0. The summed E-state index contributed by atoms with van der Waals surface area (Å²) in [6, 6.07) is 9.51. The van der Waals surface area contributed by atoms with Crippen molar-refractivity contribution in [1.29, 1.82) is 0 Å². The molecule has 1 aliphatic carbocycles. The van der Waals surface area contributed by atoms with E-state index in [2.05, 4.69) is 12.1 Å². The Bertz CT molecular complexity index is 503. The molecule has 2 aliphatic rings. The number of likely N-dealkylation sites (tertiary alicyclic amines) is 1. The minimum absolute atomic E-state index is 0.0277. The quantitative estimate of drug-likeness (QED) is 0.613. The van der Waals surface area contributed by atoms with Gasteiger partial charge in [0, 0.05) is 30.4 Å². The van der Waals surface area contributed by atoms with E-state index in [4.69, 9.17) is 0 Å². The van der Waals surface area contributed by atoms with E-state index in [-0.39, 0.29) is 16.7 Å². The summed E-state index contributed by atoms with van der Waals surface area (Å²) >= 11 is 0. The summed E-state index contributed by atoms with van der Waals surface area (Å²) < 4.78 is 0. The van der Waals surface area contributed by atoms with Gasteiger partial charge in [-0.3, -0.25) is 14.9 Å². The summed E-state index contributed by atoms with van der Waals surface area (Å²) in [6.07, 6.45) is 1.37. The fraction of sp³-hybridized carbons (Fsp3) is 0.500. The monoisotopic (exact) mass is 260 g/mol. The van der Waals surface area contributed by atoms with Gasteiger partial charge in [-0.2, -0.15) is 0 Å². The zero-order valence-corrected chi connectivity index (χ0v) is 10.6. The Hall–Kier alpha value is -1.91. The molecular weight excluding hydrogens is 244 g/mol. The van der Waals surface area contributed by atoms with E-state index in [9.17, 15) is 14.9 Å². The first-order chi connectivity index (χ1) is 9.16. The number of carbonyl (C=O) groups excluding carboxylic acids is 1. The predicted octanol–water partition coefficient (Wildman–Crippen LogP) is 1.67. The summed E-state index contributed by atoms with van der Waals surface area (Å²) in [6.45, 7) is 1.42. The van der Waals surface area contributed by atoms with Crippen LogP contribution in [-0.4, -0.2) is 34.9 Å². The van der Waals surface area contributed by atoms with Gasteiger partial charge in [-0.25, -0.2) is 0 Å². The van der Waals surface area contributed by atoms with Crippen LogP contribution in [0.25, 0.3) is 0 Å². The zero-order valence-electron chi connectivity index (χ0n) is 10.6. The van der Waals surface area contributed by atoms with Gasteiger partial charge >= 0.3 is 0 Å². The van der Waals surface area contributed by atoms with Gasteiger partial charge in [0.05, 0.1) is 0 Å². The van der Waals surface area contributed by atoms with Gasteiger partial charge in [0.25, 0.3) is 0 Å². The molecule has 3 rings (SSSR count). The third kappa shape index (κ3) is 2.32. The minimum Gasteiger partial charge on any atom is -0.342 e. The zero-order chi connectivity index (χ0) is 13.4. The third-order valence-electron chi connectivity index (χ3n) is 4.12. The molecule has 0 N–H and O–H groups in total. The van der Waals surface area contributed by atoms with Crippen LogP contribution >= 0.6 is 0 Å². The van der Waals surface area contributed by atoms with Crippen LogP contribution in [0.5, 0.6) is 0 Å². The van der Waals surface area contributed by atoms with Crippen LogP contribution in [0.3, 0.4) is 0 Å². The van der Waals surface area contributed by atoms with E-state index < -0.39 is 6.04 Å². The first-order valence-corrected chi connectivity index (χ1v) is 6.64. The molecule has 5 nitrogen and oxygen atoms in total. The molecule has 3 atom stereocenters. The van der Waals surface area contributed by atoms with Gasteiger partial charge in [-0.15, -0.1) is 0 Å². The highest BCUT2D eigenvalue weighted by atomic mass is 16.6. The van der Waals surface area contributed by atoms with Crippen LogP contribution < -0.4 is 0 Å². The highest BCUT2D eigenvalue weighted by Crippen LogP contribution is 2.37. The second kappa shape index (κ2) is 4.64. The summed E-state index contributed by atoms with van der Waals surface area (Å²) in [5.74, 6) is -0.0254. The number of hydrogen-bond acceptors (Lipinski definition) is 3. The van der Waals surface area contributed by atoms with E-state index in [1.165, 1.54) is 5.56 Å². The molecule has 0 unspecified atom stereocenters. The molecule has 1 aromatic carbocycles. The summed E-state index contributed by atoms with van der Waals surface area (Å²) in [5.41, 5.74) is 1.25. The lowest BCUT2D eigenvalue weighted by molar-refractivity contribution is -0.497. The van der Waals surface area contributed by atoms with Gasteiger partial charge in [0.15, 0.2) is 0 Å². The topological polar surface area (TPSA) is 63.4 Å². The number of hydrogen-bond donors (Lipinski definition) is 0. The molecule has 0 spiro atoms. The van der Waals surface area contributed by atoms with E-state index in [1.807, 2.05) is 18.2 Å². The molecule has 1 heterocycles. The van der Waals surface area contributed by atoms with Crippen molar-refractivity contribution in [2.75, 3.05) is 13.1 Å². The first-order valence-electron chi connectivity index (χ1n) is 6.64. The molecule has 0 bridgehead atoms. The van der Waals surface area contributed by atoms with Crippen LogP contribution in [0.4, 0.5) is 0 Å². The van der Waals surface area contributed by atoms with Gasteiger partial charge in [-0.05, 0) is 12.0 Å². The number of amides is 1. The van der Waals surface area contributed by atoms with E-state index in [0.717, 1.165) is 13.0 Å². The van der Waals surface area contributed by atoms with Crippen LogP contribution in [-0.2, 0) is 4.79 Å².